The van der Waals surface area contributed by atoms with E-state index in [0.29, 0.717) is 87.7 Å². The first-order chi connectivity index (χ1) is 25.7. The molecule has 2 atom stereocenters. The van der Waals surface area contributed by atoms with Crippen molar-refractivity contribution in [3.8, 4) is 0 Å². The van der Waals surface area contributed by atoms with Crippen LogP contribution >= 0.6 is 23.2 Å². The van der Waals surface area contributed by atoms with E-state index < -0.39 is 29.2 Å². The molecule has 0 spiro atoms. The number of likely N-dealkylation sites (tertiary alicyclic amines) is 1. The Morgan fingerprint density at radius 2 is 1.52 bits per heavy atom. The van der Waals surface area contributed by atoms with E-state index in [0.717, 1.165) is 24.0 Å². The molecule has 0 aliphatic carbocycles. The Labute approximate surface area is 330 Å². The molecule has 1 aliphatic rings. The fourth-order valence-electron chi connectivity index (χ4n) is 6.46. The van der Waals surface area contributed by atoms with Crippen molar-refractivity contribution in [3.05, 3.63) is 69.7 Å². The van der Waals surface area contributed by atoms with E-state index in [4.69, 9.17) is 27.9 Å². The summed E-state index contributed by atoms with van der Waals surface area (Å²) in [7, 11) is 0. The summed E-state index contributed by atoms with van der Waals surface area (Å²) >= 11 is 12.4. The second-order valence-electron chi connectivity index (χ2n) is 14.9. The summed E-state index contributed by atoms with van der Waals surface area (Å²) in [5, 5.41) is 15.1. The molecule has 0 radical (unpaired) electrons. The van der Waals surface area contributed by atoms with Crippen LogP contribution in [0.1, 0.15) is 90.2 Å². The molecule has 298 valence electrons. The van der Waals surface area contributed by atoms with Crippen LogP contribution in [0.3, 0.4) is 0 Å². The number of nitrogens with one attached hydrogen (secondary N) is 5. The zero-order chi connectivity index (χ0) is 39.6. The van der Waals surface area contributed by atoms with E-state index in [1.54, 1.807) is 23.1 Å². The number of halogens is 2. The van der Waals surface area contributed by atoms with Crippen molar-refractivity contribution in [1.29, 1.82) is 0 Å². The number of rotatable bonds is 19. The van der Waals surface area contributed by atoms with Crippen molar-refractivity contribution in [2.45, 2.75) is 104 Å². The van der Waals surface area contributed by atoms with Gasteiger partial charge in [0.05, 0.1) is 15.5 Å². The fraction of sp³-hybridized carbons (Fsp3) is 0.575. The molecule has 6 amide bonds. The molecule has 54 heavy (non-hydrogen) atoms. The monoisotopic (exact) mass is 788 g/mol. The summed E-state index contributed by atoms with van der Waals surface area (Å²) in [5.74, 6) is -0.402. The van der Waals surface area contributed by atoms with Gasteiger partial charge in [0.15, 0.2) is 0 Å². The zero-order valence-electron chi connectivity index (χ0n) is 32.2. The van der Waals surface area contributed by atoms with Crippen LogP contribution in [-0.2, 0) is 32.0 Å². The van der Waals surface area contributed by atoms with Gasteiger partial charge < -0.3 is 36.2 Å². The molecule has 1 saturated heterocycles. The average Bonchev–Trinajstić information content (AvgIpc) is 3.12. The van der Waals surface area contributed by atoms with Crippen LogP contribution in [0.15, 0.2) is 48.5 Å². The van der Waals surface area contributed by atoms with Gasteiger partial charge in [-0.05, 0) is 95.9 Å². The Morgan fingerprint density at radius 3 is 2.20 bits per heavy atom. The minimum atomic E-state index is -0.920. The van der Waals surface area contributed by atoms with Gasteiger partial charge >= 0.3 is 12.1 Å². The molecule has 2 aromatic rings. The number of alkyl carbamates (subject to hydrolysis) is 1. The van der Waals surface area contributed by atoms with Gasteiger partial charge in [0.2, 0.25) is 17.7 Å². The number of nitrogens with zero attached hydrogens (tertiary/aromatic N) is 1. The summed E-state index contributed by atoms with van der Waals surface area (Å²) in [6, 6.07) is 13.5. The summed E-state index contributed by atoms with van der Waals surface area (Å²) in [6.07, 6.45) is 5.46. The Bertz CT molecular complexity index is 1540. The summed E-state index contributed by atoms with van der Waals surface area (Å²) in [5.41, 5.74) is 0.401. The lowest BCUT2D eigenvalue weighted by atomic mass is 9.74. The Hall–Kier alpha value is -4.03. The molecule has 1 fully saturated rings. The lowest BCUT2D eigenvalue weighted by Gasteiger charge is -2.43. The highest BCUT2D eigenvalue weighted by Gasteiger charge is 2.44. The number of ether oxygens (including phenoxy) is 1. The number of hydrogen-bond acceptors (Lipinski definition) is 6. The maximum atomic E-state index is 14.2. The first kappa shape index (κ1) is 44.4. The molecule has 2 aromatic carbocycles. The van der Waals surface area contributed by atoms with Gasteiger partial charge in [0.25, 0.3) is 0 Å². The van der Waals surface area contributed by atoms with Gasteiger partial charge in [-0.15, -0.1) is 0 Å². The van der Waals surface area contributed by atoms with Crippen LogP contribution in [0.4, 0.5) is 9.59 Å². The van der Waals surface area contributed by atoms with Crippen molar-refractivity contribution in [1.82, 2.24) is 31.5 Å². The van der Waals surface area contributed by atoms with E-state index in [-0.39, 0.29) is 30.7 Å². The standard InChI is InChI=1S/C40H58Cl2N6O6/c1-5-43-36(51)40(27-29-15-8-6-9-16-29)20-14-24-48(28-40)35(50)33(26-30-18-19-31(41)32(42)25-30)47-37(52)45-22-13-12-21-44-34(49)17-10-7-11-23-46-38(53)54-39(2,3)4/h6,8-9,15-16,18-19,25,33H,5,7,10-14,17,20-24,26-28H2,1-4H3,(H,43,51)(H,44,49)(H,46,53)(H2,45,47,52)/t33?,40-/m0/s1. The van der Waals surface area contributed by atoms with Gasteiger partial charge in [0.1, 0.15) is 11.6 Å². The number of urea groups is 1. The highest BCUT2D eigenvalue weighted by Crippen LogP contribution is 2.35. The molecular formula is C40H58Cl2N6O6. The van der Waals surface area contributed by atoms with E-state index in [2.05, 4.69) is 26.6 Å². The number of hydrogen-bond donors (Lipinski definition) is 5. The number of carbonyl (C=O) groups excluding carboxylic acids is 5. The molecule has 1 aliphatic heterocycles. The highest BCUT2D eigenvalue weighted by atomic mass is 35.5. The predicted molar refractivity (Wildman–Crippen MR) is 213 cm³/mol. The van der Waals surface area contributed by atoms with Crippen LogP contribution in [0, 0.1) is 5.41 Å². The smallest absolute Gasteiger partial charge is 0.407 e. The highest BCUT2D eigenvalue weighted by molar-refractivity contribution is 6.42. The number of amides is 6. The maximum Gasteiger partial charge on any atom is 0.407 e. The van der Waals surface area contributed by atoms with Crippen LogP contribution in [0.5, 0.6) is 0 Å². The predicted octanol–water partition coefficient (Wildman–Crippen LogP) is 6.17. The second kappa shape index (κ2) is 22.4. The van der Waals surface area contributed by atoms with Crippen molar-refractivity contribution >= 4 is 53.0 Å². The number of piperidine rings is 1. The Kier molecular flexibility index (Phi) is 18.4. The molecule has 0 bridgehead atoms. The first-order valence-electron chi connectivity index (χ1n) is 19.0. The number of carbonyl (C=O) groups is 5. The molecule has 5 N–H and O–H groups in total. The number of benzene rings is 2. The van der Waals surface area contributed by atoms with Crippen LogP contribution in [0.25, 0.3) is 0 Å². The summed E-state index contributed by atoms with van der Waals surface area (Å²) < 4.78 is 5.20. The van der Waals surface area contributed by atoms with Crippen molar-refractivity contribution in [2.24, 2.45) is 5.41 Å². The molecule has 0 aromatic heterocycles. The van der Waals surface area contributed by atoms with Crippen molar-refractivity contribution < 1.29 is 28.7 Å². The zero-order valence-corrected chi connectivity index (χ0v) is 33.7. The largest absolute Gasteiger partial charge is 0.444 e. The third kappa shape index (κ3) is 15.8. The topological polar surface area (TPSA) is 158 Å². The third-order valence-corrected chi connectivity index (χ3v) is 9.82. The van der Waals surface area contributed by atoms with Gasteiger partial charge in [-0.1, -0.05) is 66.0 Å². The van der Waals surface area contributed by atoms with E-state index in [9.17, 15) is 24.0 Å². The molecule has 1 unspecified atom stereocenters. The van der Waals surface area contributed by atoms with Gasteiger partial charge in [-0.3, -0.25) is 14.4 Å². The van der Waals surface area contributed by atoms with Crippen LogP contribution in [-0.4, -0.2) is 85.7 Å². The van der Waals surface area contributed by atoms with Crippen molar-refractivity contribution in [3.63, 3.8) is 0 Å². The Balaban J connectivity index is 1.49. The van der Waals surface area contributed by atoms with Crippen molar-refractivity contribution in [2.75, 3.05) is 39.3 Å². The summed E-state index contributed by atoms with van der Waals surface area (Å²) in [6.45, 7) is 9.81. The average molecular weight is 790 g/mol. The Morgan fingerprint density at radius 1 is 0.833 bits per heavy atom. The normalized spacial score (nSPS) is 16.1. The lowest BCUT2D eigenvalue weighted by molar-refractivity contribution is -0.142. The summed E-state index contributed by atoms with van der Waals surface area (Å²) in [4.78, 5) is 66.6. The van der Waals surface area contributed by atoms with Crippen LogP contribution < -0.4 is 26.6 Å². The van der Waals surface area contributed by atoms with E-state index in [1.807, 2.05) is 58.0 Å². The quantitative estimate of drug-likeness (QED) is 0.107. The maximum absolute atomic E-state index is 14.2. The van der Waals surface area contributed by atoms with Crippen LogP contribution in [0.2, 0.25) is 10.0 Å². The molecule has 12 nitrogen and oxygen atoms in total. The second-order valence-corrected chi connectivity index (χ2v) is 15.7. The fourth-order valence-corrected chi connectivity index (χ4v) is 6.78. The lowest BCUT2D eigenvalue weighted by Crippen LogP contribution is -2.59. The van der Waals surface area contributed by atoms with E-state index in [1.165, 1.54) is 0 Å². The minimum absolute atomic E-state index is 0.0397. The molecule has 3 rings (SSSR count). The third-order valence-electron chi connectivity index (χ3n) is 9.08. The number of unbranched alkanes of at least 4 members (excludes halogenated alkanes) is 3. The molecule has 1 heterocycles. The minimum Gasteiger partial charge on any atom is -0.444 e. The molecule has 0 saturated carbocycles. The SMILES string of the molecule is CCNC(=O)[C@]1(Cc2ccccc2)CCCN(C(=O)C(Cc2ccc(Cl)c(Cl)c2)NC(=O)NCCCCNC(=O)CCCCCNC(=O)OC(C)(C)C)C1. The van der Waals surface area contributed by atoms with Gasteiger partial charge in [-0.2, -0.15) is 0 Å². The molecular weight excluding hydrogens is 731 g/mol. The van der Waals surface area contributed by atoms with Gasteiger partial charge in [-0.25, -0.2) is 9.59 Å². The van der Waals surface area contributed by atoms with Gasteiger partial charge in [0, 0.05) is 52.1 Å². The van der Waals surface area contributed by atoms with E-state index >= 15 is 0 Å². The first-order valence-corrected chi connectivity index (χ1v) is 19.8. The molecule has 14 heteroatoms.